The van der Waals surface area contributed by atoms with E-state index in [9.17, 15) is 9.59 Å². The van der Waals surface area contributed by atoms with Gasteiger partial charge >= 0.3 is 5.97 Å². The molecule has 1 fully saturated rings. The largest absolute Gasteiger partial charge is 0.481 e. The summed E-state index contributed by atoms with van der Waals surface area (Å²) in [6, 6.07) is 5.58. The molecule has 0 spiro atoms. The number of carboxylic acid groups (broad SMARTS) is 1. The topological polar surface area (TPSA) is 57.6 Å². The second kappa shape index (κ2) is 5.48. The van der Waals surface area contributed by atoms with Crippen molar-refractivity contribution in [1.82, 2.24) is 4.90 Å². The maximum absolute atomic E-state index is 12.4. The van der Waals surface area contributed by atoms with Crippen molar-refractivity contribution in [3.63, 3.8) is 0 Å². The number of amides is 1. The van der Waals surface area contributed by atoms with Crippen molar-refractivity contribution in [2.75, 3.05) is 13.1 Å². The van der Waals surface area contributed by atoms with Gasteiger partial charge < -0.3 is 10.0 Å². The number of hydrogen-bond donors (Lipinski definition) is 1. The molecule has 2 atom stereocenters. The molecule has 0 saturated carbocycles. The highest BCUT2D eigenvalue weighted by molar-refractivity contribution is 14.1. The minimum Gasteiger partial charge on any atom is -0.481 e. The molecule has 0 aliphatic carbocycles. The molecule has 0 unspecified atom stereocenters. The van der Waals surface area contributed by atoms with E-state index in [1.165, 1.54) is 0 Å². The van der Waals surface area contributed by atoms with E-state index in [1.807, 2.05) is 26.0 Å². The molecular formula is C14H16INO3. The van der Waals surface area contributed by atoms with Crippen molar-refractivity contribution in [2.45, 2.75) is 13.8 Å². The SMILES string of the molecule is Cc1ccc(C(=O)N2C[C@@H](C)[C@H](C(=O)O)C2)cc1I. The number of likely N-dealkylation sites (tertiary alicyclic amines) is 1. The highest BCUT2D eigenvalue weighted by Crippen LogP contribution is 2.25. The van der Waals surface area contributed by atoms with Crippen LogP contribution < -0.4 is 0 Å². The van der Waals surface area contributed by atoms with E-state index in [-0.39, 0.29) is 11.8 Å². The first-order valence-corrected chi connectivity index (χ1v) is 7.26. The third-order valence-electron chi connectivity index (χ3n) is 3.64. The molecule has 1 aliphatic heterocycles. The Morgan fingerprint density at radius 3 is 2.58 bits per heavy atom. The fraction of sp³-hybridized carbons (Fsp3) is 0.429. The van der Waals surface area contributed by atoms with E-state index in [0.717, 1.165) is 9.13 Å². The van der Waals surface area contributed by atoms with E-state index >= 15 is 0 Å². The summed E-state index contributed by atoms with van der Waals surface area (Å²) in [5.74, 6) is -1.34. The molecule has 1 amide bonds. The molecule has 0 radical (unpaired) electrons. The van der Waals surface area contributed by atoms with Crippen molar-refractivity contribution < 1.29 is 14.7 Å². The Hall–Kier alpha value is -1.11. The van der Waals surface area contributed by atoms with Gasteiger partial charge in [-0.3, -0.25) is 9.59 Å². The van der Waals surface area contributed by atoms with Gasteiger partial charge in [0.1, 0.15) is 0 Å². The molecule has 1 N–H and O–H groups in total. The van der Waals surface area contributed by atoms with E-state index < -0.39 is 11.9 Å². The zero-order valence-corrected chi connectivity index (χ0v) is 13.0. The van der Waals surface area contributed by atoms with Crippen LogP contribution in [0.25, 0.3) is 0 Å². The number of aryl methyl sites for hydroxylation is 1. The maximum atomic E-state index is 12.4. The minimum atomic E-state index is -0.818. The lowest BCUT2D eigenvalue weighted by molar-refractivity contribution is -0.142. The van der Waals surface area contributed by atoms with Gasteiger partial charge in [-0.1, -0.05) is 13.0 Å². The molecule has 5 heteroatoms. The van der Waals surface area contributed by atoms with Crippen molar-refractivity contribution in [2.24, 2.45) is 11.8 Å². The van der Waals surface area contributed by atoms with Crippen LogP contribution in [0.1, 0.15) is 22.8 Å². The molecule has 1 aromatic carbocycles. The summed E-state index contributed by atoms with van der Waals surface area (Å²) in [7, 11) is 0. The number of rotatable bonds is 2. The number of carbonyl (C=O) groups is 2. The van der Waals surface area contributed by atoms with Crippen molar-refractivity contribution in [3.8, 4) is 0 Å². The summed E-state index contributed by atoms with van der Waals surface area (Å²) in [6.45, 7) is 4.69. The molecule has 102 valence electrons. The van der Waals surface area contributed by atoms with Crippen molar-refractivity contribution in [1.29, 1.82) is 0 Å². The van der Waals surface area contributed by atoms with Gasteiger partial charge in [-0.15, -0.1) is 0 Å². The molecule has 0 bridgehead atoms. The Morgan fingerprint density at radius 2 is 2.05 bits per heavy atom. The van der Waals surface area contributed by atoms with Crippen molar-refractivity contribution in [3.05, 3.63) is 32.9 Å². The average molecular weight is 373 g/mol. The van der Waals surface area contributed by atoms with E-state index in [4.69, 9.17) is 5.11 Å². The van der Waals surface area contributed by atoms with Gasteiger partial charge in [0.2, 0.25) is 0 Å². The van der Waals surface area contributed by atoms with Crippen LogP contribution in [-0.2, 0) is 4.79 Å². The van der Waals surface area contributed by atoms with Crippen LogP contribution in [0.3, 0.4) is 0 Å². The Morgan fingerprint density at radius 1 is 1.37 bits per heavy atom. The first-order chi connectivity index (χ1) is 8.90. The lowest BCUT2D eigenvalue weighted by atomic mass is 9.99. The minimum absolute atomic E-state index is 0.00553. The molecule has 4 nitrogen and oxygen atoms in total. The molecule has 19 heavy (non-hydrogen) atoms. The van der Waals surface area contributed by atoms with Crippen LogP contribution in [-0.4, -0.2) is 35.0 Å². The van der Waals surface area contributed by atoms with Gasteiger partial charge in [0, 0.05) is 22.2 Å². The highest BCUT2D eigenvalue weighted by atomic mass is 127. The van der Waals surface area contributed by atoms with Gasteiger partial charge in [-0.2, -0.15) is 0 Å². The van der Waals surface area contributed by atoms with Crippen LogP contribution in [0, 0.1) is 22.3 Å². The Balaban J connectivity index is 2.17. The summed E-state index contributed by atoms with van der Waals surface area (Å²) < 4.78 is 1.05. The van der Waals surface area contributed by atoms with Gasteiger partial charge in [0.15, 0.2) is 0 Å². The number of nitrogens with zero attached hydrogens (tertiary/aromatic N) is 1. The van der Waals surface area contributed by atoms with E-state index in [1.54, 1.807) is 11.0 Å². The third kappa shape index (κ3) is 2.91. The first-order valence-electron chi connectivity index (χ1n) is 6.18. The normalized spacial score (nSPS) is 22.6. The fourth-order valence-corrected chi connectivity index (χ4v) is 2.88. The molecule has 1 saturated heterocycles. The highest BCUT2D eigenvalue weighted by Gasteiger charge is 2.37. The van der Waals surface area contributed by atoms with Gasteiger partial charge in [-0.05, 0) is 53.1 Å². The number of halogens is 1. The molecule has 1 aliphatic rings. The monoisotopic (exact) mass is 373 g/mol. The van der Waals surface area contributed by atoms with Crippen LogP contribution in [0.2, 0.25) is 0 Å². The molecule has 2 rings (SSSR count). The van der Waals surface area contributed by atoms with E-state index in [2.05, 4.69) is 22.6 Å². The third-order valence-corrected chi connectivity index (χ3v) is 4.80. The zero-order valence-electron chi connectivity index (χ0n) is 10.9. The second-order valence-corrected chi connectivity index (χ2v) is 6.26. The van der Waals surface area contributed by atoms with Crippen LogP contribution in [0.15, 0.2) is 18.2 Å². The first kappa shape index (κ1) is 14.3. The molecular weight excluding hydrogens is 357 g/mol. The maximum Gasteiger partial charge on any atom is 0.308 e. The van der Waals surface area contributed by atoms with Crippen LogP contribution in [0.5, 0.6) is 0 Å². The fourth-order valence-electron chi connectivity index (χ4n) is 2.36. The number of aliphatic carboxylic acids is 1. The van der Waals surface area contributed by atoms with Gasteiger partial charge in [-0.25, -0.2) is 0 Å². The average Bonchev–Trinajstić information content (AvgIpc) is 2.74. The number of hydrogen-bond acceptors (Lipinski definition) is 2. The Bertz CT molecular complexity index is 529. The second-order valence-electron chi connectivity index (χ2n) is 5.10. The van der Waals surface area contributed by atoms with Crippen LogP contribution in [0.4, 0.5) is 0 Å². The summed E-state index contributed by atoms with van der Waals surface area (Å²) in [4.78, 5) is 25.1. The lowest BCUT2D eigenvalue weighted by Crippen LogP contribution is -2.30. The predicted molar refractivity (Wildman–Crippen MR) is 80.1 cm³/mol. The molecule has 1 heterocycles. The zero-order chi connectivity index (χ0) is 14.2. The predicted octanol–water partition coefficient (Wildman–Crippen LogP) is 2.39. The number of benzene rings is 1. The lowest BCUT2D eigenvalue weighted by Gasteiger charge is -2.16. The molecule has 1 aromatic rings. The number of carboxylic acids is 1. The number of carbonyl (C=O) groups excluding carboxylic acids is 1. The van der Waals surface area contributed by atoms with Crippen LogP contribution >= 0.6 is 22.6 Å². The summed E-state index contributed by atoms with van der Waals surface area (Å²) in [5, 5.41) is 9.10. The summed E-state index contributed by atoms with van der Waals surface area (Å²) in [6.07, 6.45) is 0. The van der Waals surface area contributed by atoms with Crippen molar-refractivity contribution >= 4 is 34.5 Å². The standard InChI is InChI=1S/C14H16INO3/c1-8-3-4-10(5-12(8)15)13(17)16-6-9(2)11(7-16)14(18)19/h3-5,9,11H,6-7H2,1-2H3,(H,18,19)/t9-,11-/m1/s1. The Labute approximate surface area is 125 Å². The quantitative estimate of drug-likeness (QED) is 0.810. The van der Waals surface area contributed by atoms with Gasteiger partial charge in [0.05, 0.1) is 5.92 Å². The smallest absolute Gasteiger partial charge is 0.308 e. The summed E-state index contributed by atoms with van der Waals surface area (Å²) in [5.41, 5.74) is 1.77. The van der Waals surface area contributed by atoms with E-state index in [0.29, 0.717) is 18.7 Å². The molecule has 0 aromatic heterocycles. The van der Waals surface area contributed by atoms with Gasteiger partial charge in [0.25, 0.3) is 5.91 Å². The Kier molecular flexibility index (Phi) is 4.13. The summed E-state index contributed by atoms with van der Waals surface area (Å²) >= 11 is 2.20.